The number of halogens is 1. The van der Waals surface area contributed by atoms with Gasteiger partial charge in [0, 0.05) is 18.7 Å². The van der Waals surface area contributed by atoms with E-state index >= 15 is 0 Å². The van der Waals surface area contributed by atoms with Crippen molar-refractivity contribution in [3.63, 3.8) is 0 Å². The minimum Gasteiger partial charge on any atom is -0.366 e. The van der Waals surface area contributed by atoms with Gasteiger partial charge in [-0.05, 0) is 42.7 Å². The van der Waals surface area contributed by atoms with Crippen LogP contribution in [-0.2, 0) is 0 Å². The number of rotatable bonds is 3. The lowest BCUT2D eigenvalue weighted by molar-refractivity contribution is 0.0744. The number of hydrogen-bond acceptors (Lipinski definition) is 2. The van der Waals surface area contributed by atoms with Crippen LogP contribution < -0.4 is 5.73 Å². The Kier molecular flexibility index (Phi) is 4.93. The Morgan fingerprint density at radius 1 is 1.04 bits per heavy atom. The molecule has 2 amide bonds. The molecule has 0 aromatic heterocycles. The van der Waals surface area contributed by atoms with Gasteiger partial charge in [0.2, 0.25) is 0 Å². The monoisotopic (exact) mass is 338 g/mol. The number of hydrogen-bond donors (Lipinski definition) is 1. The first kappa shape index (κ1) is 16.9. The molecule has 1 fully saturated rings. The molecule has 0 radical (unpaired) electrons. The van der Waals surface area contributed by atoms with Crippen molar-refractivity contribution in [3.05, 3.63) is 76.6 Å². The molecule has 25 heavy (non-hydrogen) atoms. The number of carbonyl (C=O) groups is 2. The molecule has 2 aromatic rings. The highest BCUT2D eigenvalue weighted by Crippen LogP contribution is 2.22. The fraction of sp³-hybridized carbons (Fsp3) is 0.200. The second kappa shape index (κ2) is 7.30. The van der Waals surface area contributed by atoms with E-state index in [9.17, 15) is 14.0 Å². The largest absolute Gasteiger partial charge is 0.366 e. The Morgan fingerprint density at radius 2 is 1.72 bits per heavy atom. The number of carbonyl (C=O) groups excluding carboxylic acids is 2. The number of nitrogens with two attached hydrogens (primary N) is 1. The number of benzene rings is 2. The standard InChI is InChI=1S/C20H19FN2O2/c21-18-13-15(6-7-17(18)19(22)24)12-14-8-10-23(11-9-14)20(25)16-4-2-1-3-5-16/h1-7,12-13H,8-11H2,(H2,22,24). The van der Waals surface area contributed by atoms with Gasteiger partial charge in [0.05, 0.1) is 5.56 Å². The molecule has 2 N–H and O–H groups in total. The Labute approximate surface area is 145 Å². The third-order valence-electron chi connectivity index (χ3n) is 4.34. The summed E-state index contributed by atoms with van der Waals surface area (Å²) in [5, 5.41) is 0. The van der Waals surface area contributed by atoms with Crippen molar-refractivity contribution in [3.8, 4) is 0 Å². The van der Waals surface area contributed by atoms with Gasteiger partial charge in [-0.3, -0.25) is 9.59 Å². The molecule has 0 aliphatic carbocycles. The summed E-state index contributed by atoms with van der Waals surface area (Å²) >= 11 is 0. The van der Waals surface area contributed by atoms with E-state index in [0.29, 0.717) is 24.2 Å². The smallest absolute Gasteiger partial charge is 0.253 e. The highest BCUT2D eigenvalue weighted by molar-refractivity contribution is 5.94. The van der Waals surface area contributed by atoms with E-state index < -0.39 is 11.7 Å². The zero-order chi connectivity index (χ0) is 17.8. The number of nitrogens with zero attached hydrogens (tertiary/aromatic N) is 1. The van der Waals surface area contributed by atoms with Crippen molar-refractivity contribution in [1.82, 2.24) is 4.90 Å². The molecular formula is C20H19FN2O2. The van der Waals surface area contributed by atoms with Crippen LogP contribution in [0.1, 0.15) is 39.1 Å². The third-order valence-corrected chi connectivity index (χ3v) is 4.34. The zero-order valence-electron chi connectivity index (χ0n) is 13.7. The molecule has 2 aromatic carbocycles. The van der Waals surface area contributed by atoms with Gasteiger partial charge >= 0.3 is 0 Å². The lowest BCUT2D eigenvalue weighted by Gasteiger charge is -2.28. The van der Waals surface area contributed by atoms with Gasteiger partial charge in [0.15, 0.2) is 0 Å². The summed E-state index contributed by atoms with van der Waals surface area (Å²) in [6.45, 7) is 1.28. The van der Waals surface area contributed by atoms with Crippen molar-refractivity contribution in [1.29, 1.82) is 0 Å². The number of amides is 2. The molecule has 1 heterocycles. The van der Waals surface area contributed by atoms with Crippen LogP contribution >= 0.6 is 0 Å². The van der Waals surface area contributed by atoms with Crippen molar-refractivity contribution in [2.45, 2.75) is 12.8 Å². The van der Waals surface area contributed by atoms with E-state index in [2.05, 4.69) is 0 Å². The topological polar surface area (TPSA) is 63.4 Å². The molecule has 128 valence electrons. The molecule has 1 aliphatic rings. The lowest BCUT2D eigenvalue weighted by Crippen LogP contribution is -2.36. The van der Waals surface area contributed by atoms with E-state index in [1.54, 1.807) is 6.07 Å². The maximum Gasteiger partial charge on any atom is 0.253 e. The first-order valence-electron chi connectivity index (χ1n) is 8.18. The maximum absolute atomic E-state index is 13.8. The first-order chi connectivity index (χ1) is 12.0. The maximum atomic E-state index is 13.8. The van der Waals surface area contributed by atoms with Gasteiger partial charge in [0.25, 0.3) is 11.8 Å². The fourth-order valence-electron chi connectivity index (χ4n) is 2.96. The summed E-state index contributed by atoms with van der Waals surface area (Å²) in [6.07, 6.45) is 3.41. The van der Waals surface area contributed by atoms with Crippen LogP contribution in [-0.4, -0.2) is 29.8 Å². The predicted octanol–water partition coefficient (Wildman–Crippen LogP) is 3.24. The lowest BCUT2D eigenvalue weighted by atomic mass is 9.99. The molecule has 0 bridgehead atoms. The van der Waals surface area contributed by atoms with E-state index in [1.165, 1.54) is 12.1 Å². The van der Waals surface area contributed by atoms with Crippen LogP contribution in [0.15, 0.2) is 54.1 Å². The summed E-state index contributed by atoms with van der Waals surface area (Å²) < 4.78 is 13.8. The summed E-state index contributed by atoms with van der Waals surface area (Å²) in [5.74, 6) is -1.35. The van der Waals surface area contributed by atoms with Crippen LogP contribution in [0.3, 0.4) is 0 Å². The molecule has 4 nitrogen and oxygen atoms in total. The predicted molar refractivity (Wildman–Crippen MR) is 94.5 cm³/mol. The van der Waals surface area contributed by atoms with Gasteiger partial charge in [-0.25, -0.2) is 4.39 Å². The van der Waals surface area contributed by atoms with Crippen molar-refractivity contribution in [2.24, 2.45) is 5.73 Å². The molecule has 0 atom stereocenters. The van der Waals surface area contributed by atoms with Gasteiger partial charge in [0.1, 0.15) is 5.82 Å². The van der Waals surface area contributed by atoms with Crippen molar-refractivity contribution < 1.29 is 14.0 Å². The highest BCUT2D eigenvalue weighted by Gasteiger charge is 2.20. The quantitative estimate of drug-likeness (QED) is 0.934. The number of piperidine rings is 1. The van der Waals surface area contributed by atoms with E-state index in [1.807, 2.05) is 41.3 Å². The van der Waals surface area contributed by atoms with Gasteiger partial charge in [-0.1, -0.05) is 35.9 Å². The SMILES string of the molecule is NC(=O)c1ccc(C=C2CCN(C(=O)c3ccccc3)CC2)cc1F. The van der Waals surface area contributed by atoms with Crippen LogP contribution in [0.25, 0.3) is 6.08 Å². The molecule has 5 heteroatoms. The average molecular weight is 338 g/mol. The second-order valence-electron chi connectivity index (χ2n) is 6.06. The Morgan fingerprint density at radius 3 is 2.32 bits per heavy atom. The van der Waals surface area contributed by atoms with E-state index in [4.69, 9.17) is 5.73 Å². The molecule has 0 spiro atoms. The number of likely N-dealkylation sites (tertiary alicyclic amines) is 1. The fourth-order valence-corrected chi connectivity index (χ4v) is 2.96. The minimum atomic E-state index is -0.774. The summed E-state index contributed by atoms with van der Waals surface area (Å²) in [5.41, 5.74) is 7.55. The molecule has 1 saturated heterocycles. The van der Waals surface area contributed by atoms with Crippen LogP contribution in [0.5, 0.6) is 0 Å². The average Bonchev–Trinajstić information content (AvgIpc) is 2.62. The first-order valence-corrected chi connectivity index (χ1v) is 8.18. The molecule has 1 aliphatic heterocycles. The Bertz CT molecular complexity index is 821. The third kappa shape index (κ3) is 3.94. The summed E-state index contributed by atoms with van der Waals surface area (Å²) in [7, 11) is 0. The Hall–Kier alpha value is -2.95. The zero-order valence-corrected chi connectivity index (χ0v) is 13.7. The molecule has 0 unspecified atom stereocenters. The van der Waals surface area contributed by atoms with Gasteiger partial charge in [-0.15, -0.1) is 0 Å². The van der Waals surface area contributed by atoms with E-state index in [0.717, 1.165) is 18.4 Å². The second-order valence-corrected chi connectivity index (χ2v) is 6.06. The molecule has 3 rings (SSSR count). The van der Waals surface area contributed by atoms with Crippen molar-refractivity contribution >= 4 is 17.9 Å². The van der Waals surface area contributed by atoms with Crippen LogP contribution in [0, 0.1) is 5.82 Å². The van der Waals surface area contributed by atoms with Crippen LogP contribution in [0.2, 0.25) is 0 Å². The molecule has 0 saturated carbocycles. The highest BCUT2D eigenvalue weighted by atomic mass is 19.1. The number of primary amides is 1. The minimum absolute atomic E-state index is 0.0384. The summed E-state index contributed by atoms with van der Waals surface area (Å²) in [6, 6.07) is 13.6. The Balaban J connectivity index is 1.66. The van der Waals surface area contributed by atoms with Crippen molar-refractivity contribution in [2.75, 3.05) is 13.1 Å². The normalized spacial score (nSPS) is 14.3. The van der Waals surface area contributed by atoms with Gasteiger partial charge in [-0.2, -0.15) is 0 Å². The van der Waals surface area contributed by atoms with E-state index in [-0.39, 0.29) is 11.5 Å². The molecular weight excluding hydrogens is 319 g/mol. The van der Waals surface area contributed by atoms with Gasteiger partial charge < -0.3 is 10.6 Å². The summed E-state index contributed by atoms with van der Waals surface area (Å²) in [4.78, 5) is 25.3. The van der Waals surface area contributed by atoms with Crippen LogP contribution in [0.4, 0.5) is 4.39 Å².